The highest BCUT2D eigenvalue weighted by Crippen LogP contribution is 2.43. The number of hydrogen-bond donors (Lipinski definition) is 0. The number of fused-ring (bicyclic) bond motifs is 3. The molecule has 5 nitrogen and oxygen atoms in total. The lowest BCUT2D eigenvalue weighted by Crippen LogP contribution is -2.22. The van der Waals surface area contributed by atoms with Crippen molar-refractivity contribution >= 4 is 16.9 Å². The molecule has 1 aliphatic heterocycles. The van der Waals surface area contributed by atoms with Gasteiger partial charge < -0.3 is 13.9 Å². The number of hydrogen-bond acceptors (Lipinski definition) is 5. The van der Waals surface area contributed by atoms with Gasteiger partial charge in [0.15, 0.2) is 0 Å². The summed E-state index contributed by atoms with van der Waals surface area (Å²) in [7, 11) is 0. The number of halogens is 3. The second-order valence-corrected chi connectivity index (χ2v) is 7.49. The van der Waals surface area contributed by atoms with E-state index < -0.39 is 29.7 Å². The average Bonchev–Trinajstić information content (AvgIpc) is 2.79. The molecule has 3 aromatic carbocycles. The lowest BCUT2D eigenvalue weighted by Gasteiger charge is -2.25. The Balaban J connectivity index is 1.70. The van der Waals surface area contributed by atoms with Gasteiger partial charge in [-0.15, -0.1) is 0 Å². The first-order valence-corrected chi connectivity index (χ1v) is 10.0. The van der Waals surface area contributed by atoms with Crippen LogP contribution in [0.1, 0.15) is 23.5 Å². The van der Waals surface area contributed by atoms with Crippen LogP contribution < -0.4 is 14.9 Å². The molecule has 1 atom stereocenters. The SMILES string of the molecule is O=C1C[C@@H](c2cccc(OC(F)F)c2)c2c(ccc3c(=O)c(-c4ccccc4F)coc23)O1. The van der Waals surface area contributed by atoms with Crippen molar-refractivity contribution in [3.05, 3.63) is 94.1 Å². The molecule has 0 aliphatic carbocycles. The van der Waals surface area contributed by atoms with Crippen molar-refractivity contribution in [2.45, 2.75) is 19.0 Å². The lowest BCUT2D eigenvalue weighted by atomic mass is 9.85. The van der Waals surface area contributed by atoms with E-state index >= 15 is 0 Å². The number of esters is 1. The molecule has 5 rings (SSSR count). The fourth-order valence-electron chi connectivity index (χ4n) is 4.11. The zero-order chi connectivity index (χ0) is 23.1. The van der Waals surface area contributed by atoms with Crippen LogP contribution in [0.25, 0.3) is 22.1 Å². The van der Waals surface area contributed by atoms with E-state index in [0.717, 1.165) is 0 Å². The summed E-state index contributed by atoms with van der Waals surface area (Å²) in [6, 6.07) is 14.8. The van der Waals surface area contributed by atoms with Gasteiger partial charge >= 0.3 is 12.6 Å². The molecule has 0 radical (unpaired) electrons. The maximum atomic E-state index is 14.3. The van der Waals surface area contributed by atoms with Crippen LogP contribution in [0.3, 0.4) is 0 Å². The minimum Gasteiger partial charge on any atom is -0.463 e. The summed E-state index contributed by atoms with van der Waals surface area (Å²) in [5, 5.41) is 0.178. The molecule has 0 amide bonds. The third-order valence-electron chi connectivity index (χ3n) is 5.53. The number of carbonyl (C=O) groups is 1. The van der Waals surface area contributed by atoms with Crippen LogP contribution in [0.15, 0.2) is 76.1 Å². The van der Waals surface area contributed by atoms with Gasteiger partial charge in [-0.2, -0.15) is 8.78 Å². The maximum absolute atomic E-state index is 14.3. The summed E-state index contributed by atoms with van der Waals surface area (Å²) in [5.41, 5.74) is 0.825. The van der Waals surface area contributed by atoms with Gasteiger partial charge in [0.1, 0.15) is 29.2 Å². The van der Waals surface area contributed by atoms with Gasteiger partial charge in [0.2, 0.25) is 5.43 Å². The molecule has 4 aromatic rings. The minimum absolute atomic E-state index is 0.0530. The third-order valence-corrected chi connectivity index (χ3v) is 5.53. The average molecular weight is 452 g/mol. The van der Waals surface area contributed by atoms with Crippen LogP contribution in [-0.4, -0.2) is 12.6 Å². The van der Waals surface area contributed by atoms with Crippen LogP contribution in [-0.2, 0) is 4.79 Å². The number of ether oxygens (including phenoxy) is 2. The summed E-state index contributed by atoms with van der Waals surface area (Å²) in [6.45, 7) is -3.00. The summed E-state index contributed by atoms with van der Waals surface area (Å²) >= 11 is 0. The van der Waals surface area contributed by atoms with Crippen LogP contribution in [0.5, 0.6) is 11.5 Å². The van der Waals surface area contributed by atoms with Gasteiger partial charge in [0.25, 0.3) is 0 Å². The Morgan fingerprint density at radius 3 is 2.58 bits per heavy atom. The molecule has 8 heteroatoms. The van der Waals surface area contributed by atoms with Crippen molar-refractivity contribution in [1.29, 1.82) is 0 Å². The first-order valence-electron chi connectivity index (χ1n) is 10.0. The van der Waals surface area contributed by atoms with Gasteiger partial charge in [-0.25, -0.2) is 4.39 Å². The van der Waals surface area contributed by atoms with Crippen LogP contribution >= 0.6 is 0 Å². The number of carbonyl (C=O) groups excluding carboxylic acids is 1. The Hall–Kier alpha value is -4.07. The molecular formula is C25H15F3O5. The number of rotatable bonds is 4. The molecular weight excluding hydrogens is 437 g/mol. The number of benzene rings is 3. The second-order valence-electron chi connectivity index (χ2n) is 7.49. The topological polar surface area (TPSA) is 65.7 Å². The molecule has 1 aliphatic rings. The zero-order valence-corrected chi connectivity index (χ0v) is 16.9. The van der Waals surface area contributed by atoms with Crippen LogP contribution in [0, 0.1) is 5.82 Å². The Morgan fingerprint density at radius 1 is 0.970 bits per heavy atom. The largest absolute Gasteiger partial charge is 0.463 e. The fraction of sp³-hybridized carbons (Fsp3) is 0.120. The van der Waals surface area contributed by atoms with Gasteiger partial charge in [-0.3, -0.25) is 9.59 Å². The molecule has 33 heavy (non-hydrogen) atoms. The van der Waals surface area contributed by atoms with Crippen molar-refractivity contribution in [2.24, 2.45) is 0 Å². The van der Waals surface area contributed by atoms with Crippen molar-refractivity contribution in [3.63, 3.8) is 0 Å². The maximum Gasteiger partial charge on any atom is 0.387 e. The molecule has 1 aromatic heterocycles. The van der Waals surface area contributed by atoms with E-state index in [2.05, 4.69) is 4.74 Å². The lowest BCUT2D eigenvalue weighted by molar-refractivity contribution is -0.135. The van der Waals surface area contributed by atoms with Crippen molar-refractivity contribution in [2.75, 3.05) is 0 Å². The highest BCUT2D eigenvalue weighted by molar-refractivity contribution is 5.90. The first-order chi connectivity index (χ1) is 15.9. The van der Waals surface area contributed by atoms with Crippen molar-refractivity contribution in [3.8, 4) is 22.6 Å². The van der Waals surface area contributed by atoms with Crippen molar-refractivity contribution in [1.82, 2.24) is 0 Å². The normalized spacial score (nSPS) is 15.4. The van der Waals surface area contributed by atoms with Gasteiger partial charge in [0, 0.05) is 17.0 Å². The highest BCUT2D eigenvalue weighted by atomic mass is 19.3. The first kappa shape index (κ1) is 20.8. The summed E-state index contributed by atoms with van der Waals surface area (Å²) < 4.78 is 55.3. The van der Waals surface area contributed by atoms with Gasteiger partial charge in [0.05, 0.1) is 17.4 Å². The Morgan fingerprint density at radius 2 is 1.79 bits per heavy atom. The van der Waals surface area contributed by atoms with E-state index in [1.807, 2.05) is 0 Å². The molecule has 166 valence electrons. The smallest absolute Gasteiger partial charge is 0.387 e. The number of alkyl halides is 2. The van der Waals surface area contributed by atoms with E-state index in [9.17, 15) is 22.8 Å². The molecule has 0 fully saturated rings. The quantitative estimate of drug-likeness (QED) is 0.296. The minimum atomic E-state index is -3.00. The monoisotopic (exact) mass is 452 g/mol. The Kier molecular flexibility index (Phi) is 5.12. The van der Waals surface area contributed by atoms with Gasteiger partial charge in [-0.05, 0) is 35.9 Å². The Labute approximate surface area is 185 Å². The third kappa shape index (κ3) is 3.73. The van der Waals surface area contributed by atoms with E-state index in [4.69, 9.17) is 9.15 Å². The highest BCUT2D eigenvalue weighted by Gasteiger charge is 2.32. The van der Waals surface area contributed by atoms with E-state index in [1.54, 1.807) is 12.1 Å². The summed E-state index contributed by atoms with van der Waals surface area (Å²) in [6.07, 6.45) is 1.08. The summed E-state index contributed by atoms with van der Waals surface area (Å²) in [4.78, 5) is 25.5. The van der Waals surface area contributed by atoms with Crippen LogP contribution in [0.2, 0.25) is 0 Å². The standard InChI is InChI=1S/C25H15F3O5/c26-19-7-2-1-6-15(19)18-12-31-24-16(23(18)30)8-9-20-22(24)17(11-21(29)33-20)13-4-3-5-14(10-13)32-25(27)28/h1-10,12,17,25H,11H2/t17-/m0/s1. The predicted molar refractivity (Wildman–Crippen MR) is 113 cm³/mol. The summed E-state index contributed by atoms with van der Waals surface area (Å²) in [5.74, 6) is -1.58. The van der Waals surface area contributed by atoms with E-state index in [-0.39, 0.29) is 40.0 Å². The Bertz CT molecular complexity index is 1440. The molecule has 0 saturated carbocycles. The molecule has 0 unspecified atom stereocenters. The fourth-order valence-corrected chi connectivity index (χ4v) is 4.11. The van der Waals surface area contributed by atoms with Crippen molar-refractivity contribution < 1.29 is 31.9 Å². The molecule has 2 heterocycles. The second kappa shape index (κ2) is 8.12. The predicted octanol–water partition coefficient (Wildman–Crippen LogP) is 5.64. The van der Waals surface area contributed by atoms with E-state index in [0.29, 0.717) is 11.1 Å². The van der Waals surface area contributed by atoms with Crippen LogP contribution in [0.4, 0.5) is 13.2 Å². The van der Waals surface area contributed by atoms with E-state index in [1.165, 1.54) is 54.8 Å². The molecule has 0 bridgehead atoms. The molecule has 0 saturated heterocycles. The van der Waals surface area contributed by atoms with Gasteiger partial charge in [-0.1, -0.05) is 30.3 Å². The molecule has 0 spiro atoms. The molecule has 0 N–H and O–H groups in total. The zero-order valence-electron chi connectivity index (χ0n) is 16.9.